The zero-order valence-corrected chi connectivity index (χ0v) is 14.1. The fourth-order valence-electron chi connectivity index (χ4n) is 2.65. The van der Waals surface area contributed by atoms with Crippen LogP contribution < -0.4 is 5.73 Å². The number of ketones is 1. The third kappa shape index (κ3) is 3.97. The number of tetrazole rings is 1. The van der Waals surface area contributed by atoms with Gasteiger partial charge in [-0.3, -0.25) is 9.59 Å². The molecule has 0 aromatic carbocycles. The molecule has 2 heterocycles. The van der Waals surface area contributed by atoms with Crippen LogP contribution >= 0.6 is 23.1 Å². The van der Waals surface area contributed by atoms with Gasteiger partial charge >= 0.3 is 0 Å². The van der Waals surface area contributed by atoms with Crippen molar-refractivity contribution in [1.82, 2.24) is 20.2 Å². The lowest BCUT2D eigenvalue weighted by Gasteiger charge is -2.10. The molecule has 1 saturated carbocycles. The number of amides is 1. The summed E-state index contributed by atoms with van der Waals surface area (Å²) in [4.78, 5) is 24.6. The normalized spacial score (nSPS) is 15.1. The number of carbonyl (C=O) groups is 2. The Morgan fingerprint density at radius 3 is 2.87 bits per heavy atom. The molecule has 2 N–H and O–H groups in total. The van der Waals surface area contributed by atoms with Crippen LogP contribution in [0, 0.1) is 0 Å². The molecule has 1 fully saturated rings. The van der Waals surface area contributed by atoms with Gasteiger partial charge in [0.15, 0.2) is 5.78 Å². The lowest BCUT2D eigenvalue weighted by Crippen LogP contribution is -2.12. The number of rotatable bonds is 7. The number of primary amides is 1. The summed E-state index contributed by atoms with van der Waals surface area (Å²) >= 11 is 2.67. The number of hydrogen-bond acceptors (Lipinski definition) is 7. The minimum Gasteiger partial charge on any atom is -0.369 e. The predicted molar refractivity (Wildman–Crippen MR) is 87.6 cm³/mol. The van der Waals surface area contributed by atoms with Crippen molar-refractivity contribution in [3.8, 4) is 0 Å². The van der Waals surface area contributed by atoms with Crippen LogP contribution in [0.1, 0.15) is 46.3 Å². The van der Waals surface area contributed by atoms with Crippen LogP contribution in [0.25, 0.3) is 0 Å². The molecular formula is C14H17N5O2S2. The van der Waals surface area contributed by atoms with E-state index in [0.29, 0.717) is 16.1 Å². The zero-order valence-electron chi connectivity index (χ0n) is 12.5. The number of aromatic nitrogens is 4. The highest BCUT2D eigenvalue weighted by atomic mass is 32.2. The second-order valence-electron chi connectivity index (χ2n) is 5.47. The molecule has 0 radical (unpaired) electrons. The third-order valence-corrected chi connectivity index (χ3v) is 5.81. The Kier molecular flexibility index (Phi) is 5.06. The van der Waals surface area contributed by atoms with E-state index in [9.17, 15) is 9.59 Å². The highest BCUT2D eigenvalue weighted by Gasteiger charge is 2.22. The van der Waals surface area contributed by atoms with E-state index in [-0.39, 0.29) is 18.0 Å². The Labute approximate surface area is 141 Å². The van der Waals surface area contributed by atoms with E-state index in [4.69, 9.17) is 5.73 Å². The molecule has 0 unspecified atom stereocenters. The van der Waals surface area contributed by atoms with Crippen LogP contribution in [-0.4, -0.2) is 37.7 Å². The molecule has 2 aromatic rings. The number of Topliss-reactive ketones (excluding diaryl/α,β-unsaturated/α-hetero) is 1. The van der Waals surface area contributed by atoms with Gasteiger partial charge in [0.05, 0.1) is 23.1 Å². The summed E-state index contributed by atoms with van der Waals surface area (Å²) in [6.45, 7) is 0. The van der Waals surface area contributed by atoms with Gasteiger partial charge in [-0.1, -0.05) is 24.6 Å². The lowest BCUT2D eigenvalue weighted by atomic mass is 10.3. The molecule has 0 atom stereocenters. The number of hydrogen-bond donors (Lipinski definition) is 1. The predicted octanol–water partition coefficient (Wildman–Crippen LogP) is 1.85. The summed E-state index contributed by atoms with van der Waals surface area (Å²) in [6.07, 6.45) is 4.75. The van der Waals surface area contributed by atoms with E-state index in [1.165, 1.54) is 35.9 Å². The van der Waals surface area contributed by atoms with Crippen molar-refractivity contribution in [2.45, 2.75) is 43.3 Å². The average Bonchev–Trinajstić information content (AvgIpc) is 3.24. The highest BCUT2D eigenvalue weighted by Crippen LogP contribution is 2.31. The maximum Gasteiger partial charge on any atom is 0.222 e. The van der Waals surface area contributed by atoms with Crippen molar-refractivity contribution < 1.29 is 9.59 Å². The van der Waals surface area contributed by atoms with Crippen LogP contribution in [-0.2, 0) is 11.2 Å². The standard InChI is InChI=1S/C14H17N5O2S2/c15-13(21)7-10-5-6-12(23-10)11(20)8-22-14-16-17-18-19(14)9-3-1-2-4-9/h5-6,9H,1-4,7-8H2,(H2,15,21). The summed E-state index contributed by atoms with van der Waals surface area (Å²) in [7, 11) is 0. The van der Waals surface area contributed by atoms with Gasteiger partial charge in [0, 0.05) is 4.88 Å². The van der Waals surface area contributed by atoms with Crippen molar-refractivity contribution >= 4 is 34.8 Å². The molecule has 23 heavy (non-hydrogen) atoms. The lowest BCUT2D eigenvalue weighted by molar-refractivity contribution is -0.117. The average molecular weight is 351 g/mol. The number of nitrogens with two attached hydrogens (primary N) is 1. The fraction of sp³-hybridized carbons (Fsp3) is 0.500. The summed E-state index contributed by atoms with van der Waals surface area (Å²) in [5, 5.41) is 12.5. The maximum atomic E-state index is 12.3. The van der Waals surface area contributed by atoms with Crippen LogP contribution in [0.15, 0.2) is 17.3 Å². The van der Waals surface area contributed by atoms with E-state index in [2.05, 4.69) is 15.5 Å². The first kappa shape index (κ1) is 16.1. The van der Waals surface area contributed by atoms with Gasteiger partial charge in [-0.15, -0.1) is 16.4 Å². The molecule has 7 nitrogen and oxygen atoms in total. The number of nitrogens with zero attached hydrogens (tertiary/aromatic N) is 4. The van der Waals surface area contributed by atoms with Gasteiger partial charge in [0.1, 0.15) is 0 Å². The quantitative estimate of drug-likeness (QED) is 0.603. The molecule has 2 aromatic heterocycles. The maximum absolute atomic E-state index is 12.3. The van der Waals surface area contributed by atoms with Crippen LogP contribution in [0.4, 0.5) is 0 Å². The molecule has 3 rings (SSSR count). The minimum atomic E-state index is -0.393. The van der Waals surface area contributed by atoms with Crippen LogP contribution in [0.3, 0.4) is 0 Å². The van der Waals surface area contributed by atoms with Gasteiger partial charge in [-0.05, 0) is 35.4 Å². The second kappa shape index (κ2) is 7.22. The molecule has 0 bridgehead atoms. The van der Waals surface area contributed by atoms with Crippen molar-refractivity contribution in [3.63, 3.8) is 0 Å². The Morgan fingerprint density at radius 2 is 2.13 bits per heavy atom. The van der Waals surface area contributed by atoms with Crippen molar-refractivity contribution in [3.05, 3.63) is 21.9 Å². The molecule has 1 aliphatic carbocycles. The largest absolute Gasteiger partial charge is 0.369 e. The Bertz CT molecular complexity index is 706. The molecule has 0 spiro atoms. The second-order valence-corrected chi connectivity index (χ2v) is 7.58. The van der Waals surface area contributed by atoms with Gasteiger partial charge in [-0.2, -0.15) is 0 Å². The number of carbonyl (C=O) groups excluding carboxylic acids is 2. The van der Waals surface area contributed by atoms with E-state index >= 15 is 0 Å². The monoisotopic (exact) mass is 351 g/mol. The van der Waals surface area contributed by atoms with Crippen LogP contribution in [0.2, 0.25) is 0 Å². The first-order valence-corrected chi connectivity index (χ1v) is 9.24. The van der Waals surface area contributed by atoms with Crippen LogP contribution in [0.5, 0.6) is 0 Å². The van der Waals surface area contributed by atoms with E-state index in [0.717, 1.165) is 17.7 Å². The van der Waals surface area contributed by atoms with Gasteiger partial charge in [-0.25, -0.2) is 4.68 Å². The molecule has 1 aliphatic rings. The number of thioether (sulfide) groups is 1. The van der Waals surface area contributed by atoms with E-state index in [1.54, 1.807) is 12.1 Å². The Morgan fingerprint density at radius 1 is 1.35 bits per heavy atom. The molecule has 0 saturated heterocycles. The SMILES string of the molecule is NC(=O)Cc1ccc(C(=O)CSc2nnnn2C2CCCC2)s1. The first-order chi connectivity index (χ1) is 11.1. The summed E-state index contributed by atoms with van der Waals surface area (Å²) in [6, 6.07) is 3.87. The molecule has 122 valence electrons. The Hall–Kier alpha value is -1.74. The molecule has 0 aliphatic heterocycles. The van der Waals surface area contributed by atoms with E-state index in [1.807, 2.05) is 4.68 Å². The Balaban J connectivity index is 1.60. The summed E-state index contributed by atoms with van der Waals surface area (Å²) < 4.78 is 1.85. The van der Waals surface area contributed by atoms with Gasteiger partial charge in [0.25, 0.3) is 0 Å². The van der Waals surface area contributed by atoms with Crippen molar-refractivity contribution in [2.75, 3.05) is 5.75 Å². The smallest absolute Gasteiger partial charge is 0.222 e. The zero-order chi connectivity index (χ0) is 16.2. The first-order valence-electron chi connectivity index (χ1n) is 7.44. The van der Waals surface area contributed by atoms with Crippen molar-refractivity contribution in [1.29, 1.82) is 0 Å². The topological polar surface area (TPSA) is 104 Å². The molecule has 9 heteroatoms. The molecular weight excluding hydrogens is 334 g/mol. The fourth-order valence-corrected chi connectivity index (χ4v) is 4.53. The summed E-state index contributed by atoms with van der Waals surface area (Å²) in [5.41, 5.74) is 5.16. The van der Waals surface area contributed by atoms with Gasteiger partial charge < -0.3 is 5.73 Å². The minimum absolute atomic E-state index is 0.0108. The van der Waals surface area contributed by atoms with Crippen molar-refractivity contribution in [2.24, 2.45) is 5.73 Å². The summed E-state index contributed by atoms with van der Waals surface area (Å²) in [5.74, 6) is -0.100. The highest BCUT2D eigenvalue weighted by molar-refractivity contribution is 7.99. The van der Waals surface area contributed by atoms with Gasteiger partial charge in [0.2, 0.25) is 11.1 Å². The third-order valence-electron chi connectivity index (χ3n) is 3.75. The molecule has 1 amide bonds. The number of thiophene rings is 1. The van der Waals surface area contributed by atoms with E-state index < -0.39 is 5.91 Å².